The van der Waals surface area contributed by atoms with Crippen LogP contribution < -0.4 is 0 Å². The molecular formula is C18H16ClN3O2S. The van der Waals surface area contributed by atoms with E-state index in [2.05, 4.69) is 10.2 Å². The van der Waals surface area contributed by atoms with Crippen molar-refractivity contribution < 1.29 is 9.21 Å². The summed E-state index contributed by atoms with van der Waals surface area (Å²) in [6, 6.07) is 16.7. The van der Waals surface area contributed by atoms with Crippen LogP contribution in [0.15, 0.2) is 64.2 Å². The van der Waals surface area contributed by atoms with E-state index in [-0.39, 0.29) is 5.91 Å². The van der Waals surface area contributed by atoms with Crippen molar-refractivity contribution in [2.45, 2.75) is 10.5 Å². The molecule has 7 heteroatoms. The van der Waals surface area contributed by atoms with Gasteiger partial charge >= 0.3 is 0 Å². The summed E-state index contributed by atoms with van der Waals surface area (Å²) in [6.07, 6.45) is 0. The maximum Gasteiger partial charge on any atom is 0.277 e. The highest BCUT2D eigenvalue weighted by molar-refractivity contribution is 8.00. The standard InChI is InChI=1S/C18H16ClN3O2S/c1-22(2)17(23)15(12-7-4-3-5-8-12)25-18-21-20-16(24-18)13-9-6-10-14(19)11-13/h3-11,15H,1-2H3/t15-/m1/s1. The molecule has 0 aliphatic carbocycles. The molecule has 0 radical (unpaired) electrons. The van der Waals surface area contributed by atoms with Gasteiger partial charge in [-0.1, -0.05) is 48.0 Å². The SMILES string of the molecule is CN(C)C(=O)[C@H](Sc1nnc(-c2cccc(Cl)c2)o1)c1ccccc1. The lowest BCUT2D eigenvalue weighted by atomic mass is 10.1. The smallest absolute Gasteiger partial charge is 0.277 e. The number of aromatic nitrogens is 2. The summed E-state index contributed by atoms with van der Waals surface area (Å²) >= 11 is 7.23. The van der Waals surface area contributed by atoms with Gasteiger partial charge in [-0.25, -0.2) is 0 Å². The van der Waals surface area contributed by atoms with Crippen LogP contribution in [0.2, 0.25) is 5.02 Å². The van der Waals surface area contributed by atoms with Gasteiger partial charge in [-0.3, -0.25) is 4.79 Å². The van der Waals surface area contributed by atoms with Gasteiger partial charge in [-0.15, -0.1) is 10.2 Å². The van der Waals surface area contributed by atoms with Gasteiger partial charge in [-0.2, -0.15) is 0 Å². The third-order valence-electron chi connectivity index (χ3n) is 3.46. The van der Waals surface area contributed by atoms with Crippen LogP contribution in [0.1, 0.15) is 10.8 Å². The highest BCUT2D eigenvalue weighted by atomic mass is 35.5. The van der Waals surface area contributed by atoms with E-state index in [1.807, 2.05) is 42.5 Å². The third kappa shape index (κ3) is 4.21. The van der Waals surface area contributed by atoms with E-state index in [1.165, 1.54) is 11.8 Å². The fourth-order valence-corrected chi connectivity index (χ4v) is 3.43. The van der Waals surface area contributed by atoms with Gasteiger partial charge < -0.3 is 9.32 Å². The molecule has 3 rings (SSSR count). The van der Waals surface area contributed by atoms with Crippen LogP contribution in [0, 0.1) is 0 Å². The second-order valence-electron chi connectivity index (χ2n) is 5.52. The van der Waals surface area contributed by atoms with Crippen molar-refractivity contribution in [1.29, 1.82) is 0 Å². The number of benzene rings is 2. The highest BCUT2D eigenvalue weighted by Crippen LogP contribution is 2.36. The third-order valence-corrected chi connectivity index (χ3v) is 4.78. The first-order valence-corrected chi connectivity index (χ1v) is 8.82. The Hall–Kier alpha value is -2.31. The first kappa shape index (κ1) is 17.5. The van der Waals surface area contributed by atoms with Crippen molar-refractivity contribution in [1.82, 2.24) is 15.1 Å². The molecule has 3 aromatic rings. The van der Waals surface area contributed by atoms with Gasteiger partial charge in [0.15, 0.2) is 0 Å². The van der Waals surface area contributed by atoms with E-state index < -0.39 is 5.25 Å². The van der Waals surface area contributed by atoms with Gasteiger partial charge in [0.05, 0.1) is 0 Å². The molecule has 0 spiro atoms. The van der Waals surface area contributed by atoms with Crippen molar-refractivity contribution in [2.75, 3.05) is 14.1 Å². The molecule has 0 saturated carbocycles. The number of hydrogen-bond donors (Lipinski definition) is 0. The van der Waals surface area contributed by atoms with Gasteiger partial charge in [0.2, 0.25) is 11.8 Å². The first-order chi connectivity index (χ1) is 12.0. The van der Waals surface area contributed by atoms with Gasteiger partial charge in [0.25, 0.3) is 5.22 Å². The number of carbonyl (C=O) groups excluding carboxylic acids is 1. The topological polar surface area (TPSA) is 59.2 Å². The van der Waals surface area contributed by atoms with E-state index in [1.54, 1.807) is 31.1 Å². The number of hydrogen-bond acceptors (Lipinski definition) is 5. The largest absolute Gasteiger partial charge is 0.411 e. The summed E-state index contributed by atoms with van der Waals surface area (Å²) in [5, 5.41) is 8.59. The van der Waals surface area contributed by atoms with Crippen LogP contribution in [0.25, 0.3) is 11.5 Å². The number of rotatable bonds is 5. The molecule has 1 aromatic heterocycles. The molecule has 0 aliphatic rings. The Labute approximate surface area is 155 Å². The molecule has 0 unspecified atom stereocenters. The van der Waals surface area contributed by atoms with E-state index >= 15 is 0 Å². The minimum atomic E-state index is -0.455. The van der Waals surface area contributed by atoms with Crippen LogP contribution in [0.5, 0.6) is 0 Å². The second-order valence-corrected chi connectivity index (χ2v) is 7.02. The Balaban J connectivity index is 1.87. The Morgan fingerprint density at radius 2 is 1.88 bits per heavy atom. The molecule has 128 valence electrons. The van der Waals surface area contributed by atoms with E-state index in [0.717, 1.165) is 11.1 Å². The summed E-state index contributed by atoms with van der Waals surface area (Å²) in [7, 11) is 3.45. The Kier molecular flexibility index (Phi) is 5.40. The quantitative estimate of drug-likeness (QED) is 0.623. The van der Waals surface area contributed by atoms with E-state index in [4.69, 9.17) is 16.0 Å². The van der Waals surface area contributed by atoms with E-state index in [9.17, 15) is 4.79 Å². The lowest BCUT2D eigenvalue weighted by molar-refractivity contribution is -0.128. The minimum Gasteiger partial charge on any atom is -0.411 e. The molecule has 1 heterocycles. The normalized spacial score (nSPS) is 12.0. The maximum absolute atomic E-state index is 12.6. The monoisotopic (exact) mass is 373 g/mol. The summed E-state index contributed by atoms with van der Waals surface area (Å²) in [5.41, 5.74) is 1.62. The minimum absolute atomic E-state index is 0.0429. The molecule has 1 amide bonds. The fourth-order valence-electron chi connectivity index (χ4n) is 2.22. The molecule has 0 bridgehead atoms. The average Bonchev–Trinajstić information content (AvgIpc) is 3.08. The van der Waals surface area contributed by atoms with Gasteiger partial charge in [0, 0.05) is 24.7 Å². The molecule has 25 heavy (non-hydrogen) atoms. The number of nitrogens with zero attached hydrogens (tertiary/aromatic N) is 3. The van der Waals surface area contributed by atoms with Gasteiger partial charge in [-0.05, 0) is 35.5 Å². The molecule has 0 N–H and O–H groups in total. The van der Waals surface area contributed by atoms with Crippen molar-refractivity contribution in [3.8, 4) is 11.5 Å². The number of amides is 1. The summed E-state index contributed by atoms with van der Waals surface area (Å²) in [6.45, 7) is 0. The molecule has 0 fully saturated rings. The van der Waals surface area contributed by atoms with Crippen LogP contribution in [0.3, 0.4) is 0 Å². The predicted molar refractivity (Wildman–Crippen MR) is 98.5 cm³/mol. The lowest BCUT2D eigenvalue weighted by Gasteiger charge is -2.18. The van der Waals surface area contributed by atoms with Crippen LogP contribution in [0.4, 0.5) is 0 Å². The maximum atomic E-state index is 12.6. The number of carbonyl (C=O) groups is 1. The molecule has 1 atom stereocenters. The molecule has 5 nitrogen and oxygen atoms in total. The average molecular weight is 374 g/mol. The zero-order valence-electron chi connectivity index (χ0n) is 13.7. The van der Waals surface area contributed by atoms with Crippen molar-refractivity contribution in [3.63, 3.8) is 0 Å². The van der Waals surface area contributed by atoms with Crippen LogP contribution in [-0.2, 0) is 4.79 Å². The molecule has 0 aliphatic heterocycles. The Bertz CT molecular complexity index is 868. The number of likely N-dealkylation sites (N-methyl/N-ethyl adjacent to an activating group) is 1. The zero-order chi connectivity index (χ0) is 17.8. The highest BCUT2D eigenvalue weighted by Gasteiger charge is 2.26. The second kappa shape index (κ2) is 7.72. The van der Waals surface area contributed by atoms with Gasteiger partial charge in [0.1, 0.15) is 5.25 Å². The Morgan fingerprint density at radius 3 is 2.56 bits per heavy atom. The van der Waals surface area contributed by atoms with Crippen molar-refractivity contribution in [3.05, 3.63) is 65.2 Å². The summed E-state index contributed by atoms with van der Waals surface area (Å²) in [4.78, 5) is 14.1. The van der Waals surface area contributed by atoms with Crippen LogP contribution in [-0.4, -0.2) is 35.1 Å². The summed E-state index contributed by atoms with van der Waals surface area (Å²) in [5.74, 6) is 0.327. The zero-order valence-corrected chi connectivity index (χ0v) is 15.3. The van der Waals surface area contributed by atoms with E-state index in [0.29, 0.717) is 16.1 Å². The van der Waals surface area contributed by atoms with Crippen molar-refractivity contribution in [2.24, 2.45) is 0 Å². The molecule has 2 aromatic carbocycles. The summed E-state index contributed by atoms with van der Waals surface area (Å²) < 4.78 is 5.72. The number of thioether (sulfide) groups is 1. The lowest BCUT2D eigenvalue weighted by Crippen LogP contribution is -2.26. The van der Waals surface area contributed by atoms with Crippen molar-refractivity contribution >= 4 is 29.3 Å². The molecular weight excluding hydrogens is 358 g/mol. The molecule has 0 saturated heterocycles. The predicted octanol–water partition coefficient (Wildman–Crippen LogP) is 4.31. The fraction of sp³-hybridized carbons (Fsp3) is 0.167. The Morgan fingerprint density at radius 1 is 1.12 bits per heavy atom. The van der Waals surface area contributed by atoms with Crippen LogP contribution >= 0.6 is 23.4 Å². The number of halogens is 1. The first-order valence-electron chi connectivity index (χ1n) is 7.57.